The van der Waals surface area contributed by atoms with Crippen molar-refractivity contribution in [2.45, 2.75) is 39.4 Å². The number of hydrogen-bond donors (Lipinski definition) is 1. The van der Waals surface area contributed by atoms with Crippen LogP contribution >= 0.6 is 0 Å². The van der Waals surface area contributed by atoms with Crippen LogP contribution in [0.25, 0.3) is 0 Å². The van der Waals surface area contributed by atoms with Crippen molar-refractivity contribution >= 4 is 0 Å². The smallest absolute Gasteiger partial charge is 0.0729 e. The predicted octanol–water partition coefficient (Wildman–Crippen LogP) is 1.72. The summed E-state index contributed by atoms with van der Waals surface area (Å²) in [5, 5.41) is 0. The summed E-state index contributed by atoms with van der Waals surface area (Å²) >= 11 is 0. The molecule has 0 spiro atoms. The Kier molecular flexibility index (Phi) is 8.94. The standard InChI is InChI=1S/C11H23NO2/c1-4-8-13-10(2)5-6-11(3)14-9-7-12/h5-6,10-11H,4,7-9,12H2,1-3H3/b6-5-. The van der Waals surface area contributed by atoms with Crippen LogP contribution in [-0.2, 0) is 9.47 Å². The first-order chi connectivity index (χ1) is 6.70. The zero-order valence-corrected chi connectivity index (χ0v) is 9.53. The Labute approximate surface area is 87.3 Å². The molecule has 0 aromatic carbocycles. The summed E-state index contributed by atoms with van der Waals surface area (Å²) < 4.78 is 10.9. The minimum Gasteiger partial charge on any atom is -0.374 e. The fourth-order valence-corrected chi connectivity index (χ4v) is 0.982. The number of nitrogens with two attached hydrogens (primary N) is 1. The lowest BCUT2D eigenvalue weighted by Crippen LogP contribution is -2.14. The monoisotopic (exact) mass is 201 g/mol. The maximum absolute atomic E-state index is 5.48. The highest BCUT2D eigenvalue weighted by atomic mass is 16.5. The van der Waals surface area contributed by atoms with Crippen LogP contribution in [0.4, 0.5) is 0 Å². The van der Waals surface area contributed by atoms with Crippen molar-refractivity contribution in [3.63, 3.8) is 0 Å². The van der Waals surface area contributed by atoms with Crippen molar-refractivity contribution in [1.82, 2.24) is 0 Å². The highest BCUT2D eigenvalue weighted by Gasteiger charge is 1.98. The van der Waals surface area contributed by atoms with Crippen molar-refractivity contribution in [2.24, 2.45) is 5.73 Å². The summed E-state index contributed by atoms with van der Waals surface area (Å²) in [6.45, 7) is 8.11. The average Bonchev–Trinajstić information content (AvgIpc) is 2.20. The van der Waals surface area contributed by atoms with Gasteiger partial charge in [0.05, 0.1) is 18.8 Å². The fraction of sp³-hybridized carbons (Fsp3) is 0.818. The SMILES string of the molecule is CCCOC(C)/C=C\C(C)OCCN. The van der Waals surface area contributed by atoms with E-state index < -0.39 is 0 Å². The third kappa shape index (κ3) is 8.23. The van der Waals surface area contributed by atoms with E-state index in [1.165, 1.54) is 0 Å². The van der Waals surface area contributed by atoms with Gasteiger partial charge in [-0.15, -0.1) is 0 Å². The van der Waals surface area contributed by atoms with Gasteiger partial charge in [-0.3, -0.25) is 0 Å². The lowest BCUT2D eigenvalue weighted by Gasteiger charge is -2.10. The largest absolute Gasteiger partial charge is 0.374 e. The summed E-state index contributed by atoms with van der Waals surface area (Å²) in [6.07, 6.45) is 5.37. The molecule has 14 heavy (non-hydrogen) atoms. The van der Waals surface area contributed by atoms with Crippen LogP contribution in [-0.4, -0.2) is 32.0 Å². The van der Waals surface area contributed by atoms with Gasteiger partial charge in [-0.25, -0.2) is 0 Å². The second-order valence-electron chi connectivity index (χ2n) is 3.33. The lowest BCUT2D eigenvalue weighted by molar-refractivity contribution is 0.0899. The van der Waals surface area contributed by atoms with E-state index in [1.807, 2.05) is 26.0 Å². The minimum atomic E-state index is 0.117. The first-order valence-corrected chi connectivity index (χ1v) is 5.32. The molecule has 0 amide bonds. The van der Waals surface area contributed by atoms with Crippen LogP contribution in [0.5, 0.6) is 0 Å². The lowest BCUT2D eigenvalue weighted by atomic mass is 10.3. The van der Waals surface area contributed by atoms with Crippen LogP contribution in [0.15, 0.2) is 12.2 Å². The van der Waals surface area contributed by atoms with E-state index >= 15 is 0 Å². The summed E-state index contributed by atoms with van der Waals surface area (Å²) in [4.78, 5) is 0. The van der Waals surface area contributed by atoms with Gasteiger partial charge >= 0.3 is 0 Å². The van der Waals surface area contributed by atoms with E-state index in [2.05, 4.69) is 6.92 Å². The summed E-state index contributed by atoms with van der Waals surface area (Å²) in [5.74, 6) is 0. The Hall–Kier alpha value is -0.380. The van der Waals surface area contributed by atoms with Gasteiger partial charge in [0.1, 0.15) is 0 Å². The van der Waals surface area contributed by atoms with Crippen LogP contribution in [0, 0.1) is 0 Å². The summed E-state index contributed by atoms with van der Waals surface area (Å²) in [6, 6.07) is 0. The number of ether oxygens (including phenoxy) is 2. The molecule has 0 aromatic rings. The molecule has 0 fully saturated rings. The molecule has 84 valence electrons. The van der Waals surface area contributed by atoms with Crippen molar-refractivity contribution in [2.75, 3.05) is 19.8 Å². The van der Waals surface area contributed by atoms with Crippen molar-refractivity contribution in [1.29, 1.82) is 0 Å². The molecule has 0 saturated heterocycles. The Bertz CT molecular complexity index is 132. The van der Waals surface area contributed by atoms with Gasteiger partial charge in [-0.2, -0.15) is 0 Å². The van der Waals surface area contributed by atoms with E-state index in [4.69, 9.17) is 15.2 Å². The molecule has 0 aromatic heterocycles. The predicted molar refractivity (Wildman–Crippen MR) is 59.3 cm³/mol. The Morgan fingerprint density at radius 2 is 1.57 bits per heavy atom. The third-order valence-electron chi connectivity index (χ3n) is 1.74. The molecule has 0 radical (unpaired) electrons. The molecule has 3 nitrogen and oxygen atoms in total. The average molecular weight is 201 g/mol. The normalized spacial score (nSPS) is 16.0. The van der Waals surface area contributed by atoms with Gasteiger partial charge in [0.15, 0.2) is 0 Å². The van der Waals surface area contributed by atoms with Gasteiger partial charge in [0.25, 0.3) is 0 Å². The molecule has 3 heteroatoms. The highest BCUT2D eigenvalue weighted by molar-refractivity contribution is 4.91. The maximum Gasteiger partial charge on any atom is 0.0729 e. The van der Waals surface area contributed by atoms with Crippen LogP contribution in [0.1, 0.15) is 27.2 Å². The van der Waals surface area contributed by atoms with Gasteiger partial charge < -0.3 is 15.2 Å². The van der Waals surface area contributed by atoms with Crippen LogP contribution in [0.2, 0.25) is 0 Å². The zero-order chi connectivity index (χ0) is 10.8. The second kappa shape index (κ2) is 9.19. The van der Waals surface area contributed by atoms with Crippen LogP contribution in [0.3, 0.4) is 0 Å². The molecule has 0 aliphatic carbocycles. The minimum absolute atomic E-state index is 0.117. The Morgan fingerprint density at radius 1 is 1.07 bits per heavy atom. The molecule has 0 bridgehead atoms. The van der Waals surface area contributed by atoms with Gasteiger partial charge in [-0.1, -0.05) is 19.1 Å². The Morgan fingerprint density at radius 3 is 2.00 bits per heavy atom. The topological polar surface area (TPSA) is 44.5 Å². The van der Waals surface area contributed by atoms with Crippen molar-refractivity contribution in [3.05, 3.63) is 12.2 Å². The molecule has 0 rings (SSSR count). The van der Waals surface area contributed by atoms with Gasteiger partial charge in [0, 0.05) is 13.2 Å². The van der Waals surface area contributed by atoms with E-state index in [1.54, 1.807) is 0 Å². The molecule has 0 saturated carbocycles. The number of rotatable bonds is 8. The quantitative estimate of drug-likeness (QED) is 0.608. The highest BCUT2D eigenvalue weighted by Crippen LogP contribution is 1.98. The van der Waals surface area contributed by atoms with E-state index in [9.17, 15) is 0 Å². The van der Waals surface area contributed by atoms with Crippen molar-refractivity contribution < 1.29 is 9.47 Å². The molecular weight excluding hydrogens is 178 g/mol. The van der Waals surface area contributed by atoms with E-state index in [0.717, 1.165) is 13.0 Å². The fourth-order valence-electron chi connectivity index (χ4n) is 0.982. The van der Waals surface area contributed by atoms with Crippen molar-refractivity contribution in [3.8, 4) is 0 Å². The zero-order valence-electron chi connectivity index (χ0n) is 9.53. The first-order valence-electron chi connectivity index (χ1n) is 5.32. The molecule has 0 aliphatic heterocycles. The maximum atomic E-state index is 5.48. The molecule has 2 unspecified atom stereocenters. The van der Waals surface area contributed by atoms with E-state index in [-0.39, 0.29) is 12.2 Å². The third-order valence-corrected chi connectivity index (χ3v) is 1.74. The molecule has 2 N–H and O–H groups in total. The van der Waals surface area contributed by atoms with Gasteiger partial charge in [0.2, 0.25) is 0 Å². The molecule has 0 heterocycles. The van der Waals surface area contributed by atoms with Gasteiger partial charge in [-0.05, 0) is 20.3 Å². The summed E-state index contributed by atoms with van der Waals surface area (Å²) in [5.41, 5.74) is 5.32. The second-order valence-corrected chi connectivity index (χ2v) is 3.33. The first kappa shape index (κ1) is 13.6. The van der Waals surface area contributed by atoms with Crippen LogP contribution < -0.4 is 5.73 Å². The van der Waals surface area contributed by atoms with E-state index in [0.29, 0.717) is 13.2 Å². The molecular formula is C11H23NO2. The molecule has 2 atom stereocenters. The Balaban J connectivity index is 3.56. The molecule has 0 aliphatic rings. The number of hydrogen-bond acceptors (Lipinski definition) is 3. The summed E-state index contributed by atoms with van der Waals surface area (Å²) in [7, 11) is 0.